The molecule has 0 unspecified atom stereocenters. The SMILES string of the molecule is Cl.O=c1[nH]c(=O)[nH]c(=O)[nH]1. The van der Waals surface area contributed by atoms with Gasteiger partial charge in [-0.25, -0.2) is 14.4 Å². The number of rotatable bonds is 0. The minimum atomic E-state index is -0.802. The molecule has 1 aromatic heterocycles. The Morgan fingerprint density at radius 2 is 0.900 bits per heavy atom. The molecule has 6 nitrogen and oxygen atoms in total. The molecule has 3 N–H and O–H groups in total. The molecule has 0 bridgehead atoms. The Balaban J connectivity index is 0.000000810. The van der Waals surface area contributed by atoms with Crippen LogP contribution in [0.3, 0.4) is 0 Å². The molecule has 0 spiro atoms. The van der Waals surface area contributed by atoms with Crippen LogP contribution in [0.2, 0.25) is 0 Å². The van der Waals surface area contributed by atoms with Crippen molar-refractivity contribution in [3.8, 4) is 0 Å². The number of hydrogen-bond acceptors (Lipinski definition) is 3. The van der Waals surface area contributed by atoms with Crippen LogP contribution in [-0.4, -0.2) is 15.0 Å². The maximum atomic E-state index is 10.2. The zero-order valence-corrected chi connectivity index (χ0v) is 5.45. The topological polar surface area (TPSA) is 98.6 Å². The van der Waals surface area contributed by atoms with Crippen LogP contribution in [0.25, 0.3) is 0 Å². The molecule has 10 heavy (non-hydrogen) atoms. The van der Waals surface area contributed by atoms with Crippen molar-refractivity contribution in [1.29, 1.82) is 0 Å². The fourth-order valence-corrected chi connectivity index (χ4v) is 0.403. The zero-order valence-electron chi connectivity index (χ0n) is 4.63. The highest BCUT2D eigenvalue weighted by Crippen LogP contribution is 1.29. The summed E-state index contributed by atoms with van der Waals surface area (Å²) in [6.07, 6.45) is 0. The molecule has 0 aliphatic heterocycles. The Kier molecular flexibility index (Phi) is 2.63. The van der Waals surface area contributed by atoms with Gasteiger partial charge in [0.05, 0.1) is 0 Å². The van der Waals surface area contributed by atoms with E-state index in [0.29, 0.717) is 0 Å². The summed E-state index contributed by atoms with van der Waals surface area (Å²) in [5.74, 6) is 0. The normalized spacial score (nSPS) is 8.40. The molecule has 0 saturated heterocycles. The van der Waals surface area contributed by atoms with Gasteiger partial charge in [0.15, 0.2) is 0 Å². The Labute approximate surface area is 59.7 Å². The summed E-state index contributed by atoms with van der Waals surface area (Å²) >= 11 is 0. The van der Waals surface area contributed by atoms with Crippen molar-refractivity contribution < 1.29 is 0 Å². The van der Waals surface area contributed by atoms with E-state index < -0.39 is 17.1 Å². The molecule has 0 aliphatic rings. The van der Waals surface area contributed by atoms with Gasteiger partial charge in [-0.05, 0) is 0 Å². The van der Waals surface area contributed by atoms with Gasteiger partial charge in [0.25, 0.3) is 0 Å². The number of halogens is 1. The number of H-pyrrole nitrogens is 3. The molecule has 0 saturated carbocycles. The van der Waals surface area contributed by atoms with Crippen LogP contribution in [0.15, 0.2) is 14.4 Å². The summed E-state index contributed by atoms with van der Waals surface area (Å²) in [5.41, 5.74) is -2.41. The lowest BCUT2D eigenvalue weighted by Crippen LogP contribution is -2.34. The largest absolute Gasteiger partial charge is 0.330 e. The molecule has 0 radical (unpaired) electrons. The zero-order chi connectivity index (χ0) is 6.85. The fraction of sp³-hybridized carbons (Fsp3) is 0. The van der Waals surface area contributed by atoms with Crippen molar-refractivity contribution >= 4 is 12.4 Å². The number of nitrogens with one attached hydrogen (secondary N) is 3. The van der Waals surface area contributed by atoms with Crippen LogP contribution in [0.4, 0.5) is 0 Å². The third kappa shape index (κ3) is 1.90. The molecule has 0 amide bonds. The van der Waals surface area contributed by atoms with Crippen LogP contribution < -0.4 is 17.1 Å². The quantitative estimate of drug-likeness (QED) is 0.422. The summed E-state index contributed by atoms with van der Waals surface area (Å²) in [7, 11) is 0. The molecular weight excluding hydrogens is 162 g/mol. The third-order valence-electron chi connectivity index (χ3n) is 0.681. The van der Waals surface area contributed by atoms with Crippen LogP contribution in [0.1, 0.15) is 0 Å². The van der Waals surface area contributed by atoms with E-state index in [2.05, 4.69) is 0 Å². The first-order valence-corrected chi connectivity index (χ1v) is 2.11. The first-order valence-electron chi connectivity index (χ1n) is 2.11. The van der Waals surface area contributed by atoms with Gasteiger partial charge in [-0.3, -0.25) is 15.0 Å². The van der Waals surface area contributed by atoms with E-state index >= 15 is 0 Å². The van der Waals surface area contributed by atoms with Crippen LogP contribution in [-0.2, 0) is 0 Å². The van der Waals surface area contributed by atoms with Crippen LogP contribution >= 0.6 is 12.4 Å². The van der Waals surface area contributed by atoms with Gasteiger partial charge in [-0.1, -0.05) is 0 Å². The van der Waals surface area contributed by atoms with Gasteiger partial charge >= 0.3 is 17.1 Å². The molecule has 1 aromatic rings. The van der Waals surface area contributed by atoms with Gasteiger partial charge in [-0.15, -0.1) is 12.4 Å². The monoisotopic (exact) mass is 165 g/mol. The number of aromatic nitrogens is 3. The van der Waals surface area contributed by atoms with E-state index in [1.807, 2.05) is 0 Å². The molecule has 56 valence electrons. The van der Waals surface area contributed by atoms with Crippen molar-refractivity contribution in [2.75, 3.05) is 0 Å². The van der Waals surface area contributed by atoms with E-state index in [0.717, 1.165) is 0 Å². The predicted molar refractivity (Wildman–Crippen MR) is 35.6 cm³/mol. The smallest absolute Gasteiger partial charge is 0.259 e. The minimum absolute atomic E-state index is 0. The maximum Gasteiger partial charge on any atom is 0.330 e. The summed E-state index contributed by atoms with van der Waals surface area (Å²) in [5, 5.41) is 0. The average molecular weight is 166 g/mol. The minimum Gasteiger partial charge on any atom is -0.259 e. The van der Waals surface area contributed by atoms with Gasteiger partial charge in [0, 0.05) is 0 Å². The summed E-state index contributed by atoms with van der Waals surface area (Å²) < 4.78 is 0. The summed E-state index contributed by atoms with van der Waals surface area (Å²) in [6.45, 7) is 0. The van der Waals surface area contributed by atoms with E-state index in [-0.39, 0.29) is 12.4 Å². The molecule has 7 heteroatoms. The predicted octanol–water partition coefficient (Wildman–Crippen LogP) is -1.83. The Hall–Kier alpha value is -1.30. The van der Waals surface area contributed by atoms with Gasteiger partial charge < -0.3 is 0 Å². The van der Waals surface area contributed by atoms with Gasteiger partial charge in [0.2, 0.25) is 0 Å². The van der Waals surface area contributed by atoms with E-state index in [1.54, 1.807) is 15.0 Å². The van der Waals surface area contributed by atoms with Crippen molar-refractivity contribution in [3.63, 3.8) is 0 Å². The molecular formula is C3H4ClN3O3. The molecule has 1 rings (SSSR count). The maximum absolute atomic E-state index is 10.2. The van der Waals surface area contributed by atoms with Crippen molar-refractivity contribution in [1.82, 2.24) is 15.0 Å². The fourth-order valence-electron chi connectivity index (χ4n) is 0.403. The number of aromatic amines is 3. The Morgan fingerprint density at radius 3 is 1.10 bits per heavy atom. The molecule has 1 heterocycles. The second-order valence-corrected chi connectivity index (χ2v) is 1.36. The van der Waals surface area contributed by atoms with Crippen molar-refractivity contribution in [3.05, 3.63) is 31.5 Å². The van der Waals surface area contributed by atoms with E-state index in [9.17, 15) is 14.4 Å². The summed E-state index contributed by atoms with van der Waals surface area (Å²) in [6, 6.07) is 0. The second kappa shape index (κ2) is 3.02. The lowest BCUT2D eigenvalue weighted by Gasteiger charge is -1.77. The highest BCUT2D eigenvalue weighted by atomic mass is 35.5. The molecule has 0 fully saturated rings. The second-order valence-electron chi connectivity index (χ2n) is 1.36. The molecule has 0 aromatic carbocycles. The number of hydrogen-bond donors (Lipinski definition) is 3. The van der Waals surface area contributed by atoms with Crippen LogP contribution in [0, 0.1) is 0 Å². The van der Waals surface area contributed by atoms with E-state index in [1.165, 1.54) is 0 Å². The average Bonchev–Trinajstić information content (AvgIpc) is 1.59. The standard InChI is InChI=1S/C3H3N3O3.ClH/c7-1-4-2(8)6-3(9)5-1;/h(H3,4,5,6,7,8,9);1H. The third-order valence-corrected chi connectivity index (χ3v) is 0.681. The first-order chi connectivity index (χ1) is 4.18. The van der Waals surface area contributed by atoms with Gasteiger partial charge in [-0.2, -0.15) is 0 Å². The van der Waals surface area contributed by atoms with Gasteiger partial charge in [0.1, 0.15) is 0 Å². The van der Waals surface area contributed by atoms with E-state index in [4.69, 9.17) is 0 Å². The van der Waals surface area contributed by atoms with Crippen LogP contribution in [0.5, 0.6) is 0 Å². The lowest BCUT2D eigenvalue weighted by molar-refractivity contribution is 0.888. The first kappa shape index (κ1) is 8.70. The molecule has 0 atom stereocenters. The highest BCUT2D eigenvalue weighted by Gasteiger charge is 1.84. The highest BCUT2D eigenvalue weighted by molar-refractivity contribution is 5.85. The summed E-state index contributed by atoms with van der Waals surface area (Å²) in [4.78, 5) is 35.9. The Bertz CT molecular complexity index is 281. The lowest BCUT2D eigenvalue weighted by atomic mass is 11.0. The molecule has 0 aliphatic carbocycles. The van der Waals surface area contributed by atoms with Crippen molar-refractivity contribution in [2.45, 2.75) is 0 Å². The Morgan fingerprint density at radius 1 is 0.700 bits per heavy atom. The van der Waals surface area contributed by atoms with Crippen molar-refractivity contribution in [2.24, 2.45) is 0 Å².